The van der Waals surface area contributed by atoms with E-state index in [1.807, 2.05) is 12.3 Å². The molecule has 0 radical (unpaired) electrons. The van der Waals surface area contributed by atoms with Crippen LogP contribution in [0.15, 0.2) is 36.7 Å². The maximum Gasteiger partial charge on any atom is 0.341 e. The summed E-state index contributed by atoms with van der Waals surface area (Å²) in [5, 5.41) is 15.6. The quantitative estimate of drug-likeness (QED) is 0.632. The van der Waals surface area contributed by atoms with Crippen molar-refractivity contribution in [3.63, 3.8) is 0 Å². The Bertz CT molecular complexity index is 700. The molecular formula is C17H21N3O5. The highest BCUT2D eigenvalue weighted by Gasteiger charge is 2.12. The highest BCUT2D eigenvalue weighted by molar-refractivity contribution is 5.94. The Morgan fingerprint density at radius 2 is 2.12 bits per heavy atom. The Kier molecular flexibility index (Phi) is 6.82. The largest absolute Gasteiger partial charge is 0.490 e. The first-order valence-corrected chi connectivity index (χ1v) is 7.97. The number of rotatable bonds is 10. The van der Waals surface area contributed by atoms with Gasteiger partial charge < -0.3 is 19.9 Å². The number of hydrogen-bond donors (Lipinski definition) is 2. The molecular weight excluding hydrogens is 326 g/mol. The number of aryl methyl sites for hydroxylation is 1. The van der Waals surface area contributed by atoms with E-state index in [9.17, 15) is 9.59 Å². The third-order valence-electron chi connectivity index (χ3n) is 3.27. The van der Waals surface area contributed by atoms with E-state index in [1.54, 1.807) is 29.9 Å². The number of amides is 1. The van der Waals surface area contributed by atoms with Crippen molar-refractivity contribution in [1.82, 2.24) is 15.1 Å². The topological polar surface area (TPSA) is 103 Å². The molecule has 1 amide bonds. The lowest BCUT2D eigenvalue weighted by atomic mass is 10.2. The summed E-state index contributed by atoms with van der Waals surface area (Å²) in [6.45, 7) is 2.93. The van der Waals surface area contributed by atoms with Crippen molar-refractivity contribution in [2.75, 3.05) is 19.8 Å². The van der Waals surface area contributed by atoms with E-state index in [0.29, 0.717) is 30.2 Å². The standard InChI is InChI=1S/C17H21N3O5/c1-2-24-15-11-13(5-6-14(15)25-12-16(21)22)17(23)18-7-3-9-20-10-4-8-19-20/h4-6,8,10-11H,2-3,7,9,12H2,1H3,(H,18,23)(H,21,22). The minimum Gasteiger partial charge on any atom is -0.490 e. The number of carbonyl (C=O) groups is 2. The van der Waals surface area contributed by atoms with Gasteiger partial charge in [-0.2, -0.15) is 5.10 Å². The lowest BCUT2D eigenvalue weighted by Crippen LogP contribution is -2.25. The van der Waals surface area contributed by atoms with Crippen molar-refractivity contribution < 1.29 is 24.2 Å². The van der Waals surface area contributed by atoms with Crippen molar-refractivity contribution in [2.24, 2.45) is 0 Å². The fraction of sp³-hybridized carbons (Fsp3) is 0.353. The smallest absolute Gasteiger partial charge is 0.341 e. The molecule has 134 valence electrons. The van der Waals surface area contributed by atoms with Gasteiger partial charge in [-0.05, 0) is 37.6 Å². The number of carboxylic acids is 1. The minimum atomic E-state index is -1.08. The number of aliphatic carboxylic acids is 1. The summed E-state index contributed by atoms with van der Waals surface area (Å²) in [4.78, 5) is 22.8. The van der Waals surface area contributed by atoms with Gasteiger partial charge in [-0.3, -0.25) is 9.48 Å². The molecule has 2 rings (SSSR count). The van der Waals surface area contributed by atoms with Gasteiger partial charge in [0.15, 0.2) is 18.1 Å². The summed E-state index contributed by atoms with van der Waals surface area (Å²) in [6, 6.07) is 6.50. The third-order valence-corrected chi connectivity index (χ3v) is 3.27. The first-order valence-electron chi connectivity index (χ1n) is 7.97. The van der Waals surface area contributed by atoms with Crippen molar-refractivity contribution in [3.05, 3.63) is 42.2 Å². The molecule has 0 spiro atoms. The van der Waals surface area contributed by atoms with Crippen LogP contribution in [-0.4, -0.2) is 46.5 Å². The van der Waals surface area contributed by atoms with E-state index in [-0.39, 0.29) is 5.91 Å². The number of carbonyl (C=O) groups excluding carboxylic acids is 1. The summed E-state index contributed by atoms with van der Waals surface area (Å²) < 4.78 is 12.4. The summed E-state index contributed by atoms with van der Waals surface area (Å²) in [5.74, 6) is -0.680. The van der Waals surface area contributed by atoms with Crippen LogP contribution in [0.4, 0.5) is 0 Å². The maximum absolute atomic E-state index is 12.2. The second-order valence-corrected chi connectivity index (χ2v) is 5.16. The molecule has 0 bridgehead atoms. The molecule has 8 nitrogen and oxygen atoms in total. The van der Waals surface area contributed by atoms with Crippen molar-refractivity contribution in [1.29, 1.82) is 0 Å². The average Bonchev–Trinajstić information content (AvgIpc) is 3.11. The van der Waals surface area contributed by atoms with Crippen LogP contribution >= 0.6 is 0 Å². The molecule has 0 saturated heterocycles. The number of ether oxygens (including phenoxy) is 2. The Morgan fingerprint density at radius 3 is 2.80 bits per heavy atom. The zero-order chi connectivity index (χ0) is 18.1. The Morgan fingerprint density at radius 1 is 1.28 bits per heavy atom. The Balaban J connectivity index is 1.91. The molecule has 0 fully saturated rings. The molecule has 2 N–H and O–H groups in total. The molecule has 8 heteroatoms. The zero-order valence-corrected chi connectivity index (χ0v) is 14.0. The second-order valence-electron chi connectivity index (χ2n) is 5.16. The van der Waals surface area contributed by atoms with Crippen molar-refractivity contribution in [3.8, 4) is 11.5 Å². The molecule has 1 aromatic heterocycles. The van der Waals surface area contributed by atoms with Crippen molar-refractivity contribution >= 4 is 11.9 Å². The Hall–Kier alpha value is -3.03. The first kappa shape index (κ1) is 18.3. The molecule has 0 atom stereocenters. The molecule has 0 aliphatic rings. The zero-order valence-electron chi connectivity index (χ0n) is 14.0. The van der Waals surface area contributed by atoms with Crippen LogP contribution in [0.2, 0.25) is 0 Å². The fourth-order valence-electron chi connectivity index (χ4n) is 2.15. The predicted molar refractivity (Wildman–Crippen MR) is 89.9 cm³/mol. The summed E-state index contributed by atoms with van der Waals surface area (Å²) in [7, 11) is 0. The number of carboxylic acid groups (broad SMARTS) is 1. The molecule has 1 aromatic carbocycles. The monoisotopic (exact) mass is 347 g/mol. The van der Waals surface area contributed by atoms with Gasteiger partial charge in [-0.15, -0.1) is 0 Å². The number of nitrogens with zero attached hydrogens (tertiary/aromatic N) is 2. The van der Waals surface area contributed by atoms with Gasteiger partial charge in [0.2, 0.25) is 0 Å². The van der Waals surface area contributed by atoms with Gasteiger partial charge >= 0.3 is 5.97 Å². The third kappa shape index (κ3) is 5.83. The molecule has 1 heterocycles. The summed E-state index contributed by atoms with van der Waals surface area (Å²) in [5.41, 5.74) is 0.421. The van der Waals surface area contributed by atoms with E-state index < -0.39 is 12.6 Å². The van der Waals surface area contributed by atoms with Crippen LogP contribution in [0.3, 0.4) is 0 Å². The number of hydrogen-bond acceptors (Lipinski definition) is 5. The van der Waals surface area contributed by atoms with Crippen molar-refractivity contribution in [2.45, 2.75) is 19.9 Å². The van der Waals surface area contributed by atoms with Gasteiger partial charge in [-0.1, -0.05) is 0 Å². The van der Waals surface area contributed by atoms with Crippen LogP contribution in [0.1, 0.15) is 23.7 Å². The van der Waals surface area contributed by atoms with Gasteiger partial charge in [-0.25, -0.2) is 4.79 Å². The molecule has 0 aliphatic heterocycles. The van der Waals surface area contributed by atoms with E-state index >= 15 is 0 Å². The van der Waals surface area contributed by atoms with Crippen LogP contribution < -0.4 is 14.8 Å². The lowest BCUT2D eigenvalue weighted by Gasteiger charge is -2.12. The minimum absolute atomic E-state index is 0.230. The first-order chi connectivity index (χ1) is 12.1. The maximum atomic E-state index is 12.2. The second kappa shape index (κ2) is 9.31. The SMILES string of the molecule is CCOc1cc(C(=O)NCCCn2cccn2)ccc1OCC(=O)O. The average molecular weight is 347 g/mol. The van der Waals surface area contributed by atoms with Crippen LogP contribution in [0.25, 0.3) is 0 Å². The molecule has 0 aliphatic carbocycles. The van der Waals surface area contributed by atoms with E-state index in [4.69, 9.17) is 14.6 Å². The molecule has 2 aromatic rings. The van der Waals surface area contributed by atoms with Gasteiger partial charge in [0.05, 0.1) is 6.61 Å². The number of benzene rings is 1. The predicted octanol–water partition coefficient (Wildman–Crippen LogP) is 1.57. The van der Waals surface area contributed by atoms with Crippen LogP contribution in [-0.2, 0) is 11.3 Å². The van der Waals surface area contributed by atoms with E-state index in [0.717, 1.165) is 13.0 Å². The lowest BCUT2D eigenvalue weighted by molar-refractivity contribution is -0.139. The van der Waals surface area contributed by atoms with E-state index in [2.05, 4.69) is 10.4 Å². The molecule has 0 unspecified atom stereocenters. The normalized spacial score (nSPS) is 10.3. The van der Waals surface area contributed by atoms with Crippen LogP contribution in [0, 0.1) is 0 Å². The highest BCUT2D eigenvalue weighted by atomic mass is 16.5. The fourth-order valence-corrected chi connectivity index (χ4v) is 2.15. The van der Waals surface area contributed by atoms with Crippen LogP contribution in [0.5, 0.6) is 11.5 Å². The number of aromatic nitrogens is 2. The Labute approximate surface area is 145 Å². The summed E-state index contributed by atoms with van der Waals surface area (Å²) >= 11 is 0. The molecule has 25 heavy (non-hydrogen) atoms. The van der Waals surface area contributed by atoms with E-state index in [1.165, 1.54) is 6.07 Å². The van der Waals surface area contributed by atoms with Gasteiger partial charge in [0.25, 0.3) is 5.91 Å². The summed E-state index contributed by atoms with van der Waals surface area (Å²) in [6.07, 6.45) is 4.33. The van der Waals surface area contributed by atoms with Gasteiger partial charge in [0, 0.05) is 31.0 Å². The van der Waals surface area contributed by atoms with Gasteiger partial charge in [0.1, 0.15) is 0 Å². The molecule has 0 saturated carbocycles. The number of nitrogens with one attached hydrogen (secondary N) is 1. The highest BCUT2D eigenvalue weighted by Crippen LogP contribution is 2.28.